The number of H-pyrrole nitrogens is 1. The maximum absolute atomic E-state index is 10.9. The van der Waals surface area contributed by atoms with E-state index in [9.17, 15) is 4.79 Å². The maximum atomic E-state index is 10.9. The molecule has 0 fully saturated rings. The Morgan fingerprint density at radius 2 is 2.29 bits per heavy atom. The van der Waals surface area contributed by atoms with Crippen LogP contribution in [0.15, 0.2) is 24.4 Å². The summed E-state index contributed by atoms with van der Waals surface area (Å²) in [7, 11) is 1.42. The summed E-state index contributed by atoms with van der Waals surface area (Å²) in [5.41, 5.74) is 3.18. The van der Waals surface area contributed by atoms with Crippen molar-refractivity contribution >= 4 is 16.9 Å². The summed E-state index contributed by atoms with van der Waals surface area (Å²) >= 11 is 0. The Morgan fingerprint density at radius 1 is 1.53 bits per heavy atom. The van der Waals surface area contributed by atoms with E-state index in [4.69, 9.17) is 9.84 Å². The SMILES string of the molecule is CO[C@@H](Cc1c[nH]c2c(C)cccc12)C(=O)O. The van der Waals surface area contributed by atoms with Crippen molar-refractivity contribution in [3.8, 4) is 0 Å². The van der Waals surface area contributed by atoms with Crippen LogP contribution in [0.3, 0.4) is 0 Å². The summed E-state index contributed by atoms with van der Waals surface area (Å²) in [6.07, 6.45) is 1.43. The van der Waals surface area contributed by atoms with Crippen LogP contribution in [0, 0.1) is 6.92 Å². The number of fused-ring (bicyclic) bond motifs is 1. The molecule has 4 heteroatoms. The Balaban J connectivity index is 2.37. The lowest BCUT2D eigenvalue weighted by atomic mass is 10.1. The van der Waals surface area contributed by atoms with Crippen molar-refractivity contribution in [1.82, 2.24) is 4.98 Å². The molecule has 17 heavy (non-hydrogen) atoms. The van der Waals surface area contributed by atoms with Gasteiger partial charge >= 0.3 is 5.97 Å². The third-order valence-electron chi connectivity index (χ3n) is 2.97. The summed E-state index contributed by atoms with van der Waals surface area (Å²) in [6.45, 7) is 2.02. The van der Waals surface area contributed by atoms with Crippen LogP contribution in [-0.4, -0.2) is 29.3 Å². The molecule has 0 saturated heterocycles. The van der Waals surface area contributed by atoms with Crippen LogP contribution in [0.25, 0.3) is 10.9 Å². The first kappa shape index (κ1) is 11.7. The van der Waals surface area contributed by atoms with Crippen molar-refractivity contribution in [2.45, 2.75) is 19.4 Å². The highest BCUT2D eigenvalue weighted by Gasteiger charge is 2.18. The topological polar surface area (TPSA) is 62.3 Å². The lowest BCUT2D eigenvalue weighted by Gasteiger charge is -2.09. The van der Waals surface area contributed by atoms with Gasteiger partial charge in [-0.1, -0.05) is 18.2 Å². The molecule has 1 aromatic carbocycles. The fourth-order valence-electron chi connectivity index (χ4n) is 2.00. The van der Waals surface area contributed by atoms with Gasteiger partial charge in [0.2, 0.25) is 0 Å². The number of rotatable bonds is 4. The molecule has 90 valence electrons. The minimum Gasteiger partial charge on any atom is -0.479 e. The number of aromatic nitrogens is 1. The van der Waals surface area contributed by atoms with Crippen LogP contribution in [-0.2, 0) is 16.0 Å². The second-order valence-corrected chi connectivity index (χ2v) is 4.08. The standard InChI is InChI=1S/C13H15NO3/c1-8-4-3-5-10-9(7-14-12(8)10)6-11(17-2)13(15)16/h3-5,7,11,14H,6H2,1-2H3,(H,15,16)/t11-/m0/s1. The van der Waals surface area contributed by atoms with Gasteiger partial charge in [0.1, 0.15) is 0 Å². The van der Waals surface area contributed by atoms with Crippen LogP contribution in [0.2, 0.25) is 0 Å². The van der Waals surface area contributed by atoms with E-state index >= 15 is 0 Å². The van der Waals surface area contributed by atoms with Crippen molar-refractivity contribution < 1.29 is 14.6 Å². The maximum Gasteiger partial charge on any atom is 0.333 e. The molecule has 2 aromatic rings. The minimum absolute atomic E-state index is 0.370. The lowest BCUT2D eigenvalue weighted by Crippen LogP contribution is -2.24. The van der Waals surface area contributed by atoms with Crippen molar-refractivity contribution in [1.29, 1.82) is 0 Å². The molecule has 0 aliphatic carbocycles. The number of aryl methyl sites for hydroxylation is 1. The van der Waals surface area contributed by atoms with Gasteiger partial charge < -0.3 is 14.8 Å². The minimum atomic E-state index is -0.936. The van der Waals surface area contributed by atoms with Crippen LogP contribution >= 0.6 is 0 Å². The molecule has 0 aliphatic heterocycles. The summed E-state index contributed by atoms with van der Waals surface area (Å²) in [5, 5.41) is 10.0. The highest BCUT2D eigenvalue weighted by atomic mass is 16.5. The quantitative estimate of drug-likeness (QED) is 0.850. The fourth-order valence-corrected chi connectivity index (χ4v) is 2.00. The van der Waals surface area contributed by atoms with Gasteiger partial charge in [0.05, 0.1) is 0 Å². The molecular weight excluding hydrogens is 218 g/mol. The third-order valence-corrected chi connectivity index (χ3v) is 2.97. The summed E-state index contributed by atoms with van der Waals surface area (Å²) < 4.78 is 4.95. The van der Waals surface area contributed by atoms with E-state index in [1.165, 1.54) is 7.11 Å². The Labute approximate surface area is 99.2 Å². The van der Waals surface area contributed by atoms with Gasteiger partial charge in [-0.15, -0.1) is 0 Å². The number of hydrogen-bond donors (Lipinski definition) is 2. The number of carboxylic acids is 1. The number of methoxy groups -OCH3 is 1. The Kier molecular flexibility index (Phi) is 3.15. The molecule has 4 nitrogen and oxygen atoms in total. The molecule has 0 radical (unpaired) electrons. The van der Waals surface area contributed by atoms with E-state index in [0.29, 0.717) is 6.42 Å². The normalized spacial score (nSPS) is 12.8. The predicted molar refractivity (Wildman–Crippen MR) is 65.2 cm³/mol. The van der Waals surface area contributed by atoms with Crippen molar-refractivity contribution in [2.75, 3.05) is 7.11 Å². The van der Waals surface area contributed by atoms with Crippen LogP contribution in [0.4, 0.5) is 0 Å². The van der Waals surface area contributed by atoms with Crippen LogP contribution in [0.5, 0.6) is 0 Å². The van der Waals surface area contributed by atoms with E-state index in [1.807, 2.05) is 31.3 Å². The first-order chi connectivity index (χ1) is 8.13. The van der Waals surface area contributed by atoms with Gasteiger partial charge in [-0.2, -0.15) is 0 Å². The molecule has 0 bridgehead atoms. The Morgan fingerprint density at radius 3 is 2.94 bits per heavy atom. The number of aliphatic carboxylic acids is 1. The fraction of sp³-hybridized carbons (Fsp3) is 0.308. The lowest BCUT2D eigenvalue weighted by molar-refractivity contribution is -0.148. The molecule has 1 aromatic heterocycles. The highest BCUT2D eigenvalue weighted by Crippen LogP contribution is 2.22. The van der Waals surface area contributed by atoms with E-state index < -0.39 is 12.1 Å². The molecule has 0 aliphatic rings. The zero-order valence-corrected chi connectivity index (χ0v) is 9.86. The van der Waals surface area contributed by atoms with Gasteiger partial charge in [0, 0.05) is 30.6 Å². The van der Waals surface area contributed by atoms with Crippen LogP contribution in [0.1, 0.15) is 11.1 Å². The molecule has 1 atom stereocenters. The summed E-state index contributed by atoms with van der Waals surface area (Å²) in [4.78, 5) is 14.1. The zero-order chi connectivity index (χ0) is 12.4. The average Bonchev–Trinajstić information content (AvgIpc) is 2.70. The number of hydrogen-bond acceptors (Lipinski definition) is 2. The monoisotopic (exact) mass is 233 g/mol. The molecule has 0 saturated carbocycles. The molecule has 1 heterocycles. The molecule has 0 spiro atoms. The molecule has 2 N–H and O–H groups in total. The summed E-state index contributed by atoms with van der Waals surface area (Å²) in [6, 6.07) is 5.98. The number of benzene rings is 1. The first-order valence-electron chi connectivity index (χ1n) is 5.44. The van der Waals surface area contributed by atoms with Crippen LogP contribution < -0.4 is 0 Å². The number of nitrogens with one attached hydrogen (secondary N) is 1. The largest absolute Gasteiger partial charge is 0.479 e. The third kappa shape index (κ3) is 2.17. The Hall–Kier alpha value is -1.81. The van der Waals surface area contributed by atoms with E-state index in [-0.39, 0.29) is 0 Å². The molecular formula is C13H15NO3. The van der Waals surface area contributed by atoms with E-state index in [1.54, 1.807) is 0 Å². The second kappa shape index (κ2) is 4.59. The number of para-hydroxylation sites is 1. The van der Waals surface area contributed by atoms with Gasteiger partial charge in [-0.25, -0.2) is 4.79 Å². The number of carbonyl (C=O) groups is 1. The number of aromatic amines is 1. The van der Waals surface area contributed by atoms with Crippen molar-refractivity contribution in [2.24, 2.45) is 0 Å². The zero-order valence-electron chi connectivity index (χ0n) is 9.86. The smallest absolute Gasteiger partial charge is 0.333 e. The number of ether oxygens (including phenoxy) is 1. The van der Waals surface area contributed by atoms with E-state index in [2.05, 4.69) is 4.98 Å². The van der Waals surface area contributed by atoms with Gasteiger partial charge in [-0.3, -0.25) is 0 Å². The van der Waals surface area contributed by atoms with Crippen molar-refractivity contribution in [3.05, 3.63) is 35.5 Å². The summed E-state index contributed by atoms with van der Waals surface area (Å²) in [5.74, 6) is -0.936. The number of carboxylic acid groups (broad SMARTS) is 1. The predicted octanol–water partition coefficient (Wildman–Crippen LogP) is 2.12. The van der Waals surface area contributed by atoms with Gasteiger partial charge in [0.25, 0.3) is 0 Å². The van der Waals surface area contributed by atoms with E-state index in [0.717, 1.165) is 22.0 Å². The molecule has 0 amide bonds. The molecule has 0 unspecified atom stereocenters. The van der Waals surface area contributed by atoms with Gasteiger partial charge in [-0.05, 0) is 18.1 Å². The molecule has 2 rings (SSSR count). The highest BCUT2D eigenvalue weighted by molar-refractivity contribution is 5.86. The Bertz CT molecular complexity index is 545. The second-order valence-electron chi connectivity index (χ2n) is 4.08. The van der Waals surface area contributed by atoms with Crippen molar-refractivity contribution in [3.63, 3.8) is 0 Å². The van der Waals surface area contributed by atoms with Gasteiger partial charge in [0.15, 0.2) is 6.10 Å². The average molecular weight is 233 g/mol. The first-order valence-corrected chi connectivity index (χ1v) is 5.44.